The first-order chi connectivity index (χ1) is 11.6. The summed E-state index contributed by atoms with van der Waals surface area (Å²) in [5, 5.41) is 15.6. The van der Waals surface area contributed by atoms with E-state index in [0.717, 1.165) is 16.3 Å². The average molecular weight is 448 g/mol. The van der Waals surface area contributed by atoms with E-state index in [1.165, 1.54) is 6.21 Å². The molecule has 3 rings (SSSR count). The number of phenols is 1. The van der Waals surface area contributed by atoms with Gasteiger partial charge in [-0.2, -0.15) is 5.10 Å². The molecular weight excluding hydrogens is 436 g/mol. The molecule has 0 saturated heterocycles. The van der Waals surface area contributed by atoms with Crippen LogP contribution in [0.5, 0.6) is 5.75 Å². The Bertz CT molecular complexity index is 926. The van der Waals surface area contributed by atoms with Gasteiger partial charge >= 0.3 is 0 Å². The average Bonchev–Trinajstić information content (AvgIpc) is 2.59. The second kappa shape index (κ2) is 7.15. The topological polar surface area (TPSA) is 61.7 Å². The number of nitrogens with one attached hydrogen (secondary N) is 1. The number of carbonyl (C=O) groups excluding carboxylic acids is 1. The van der Waals surface area contributed by atoms with Crippen LogP contribution in [0.2, 0.25) is 0 Å². The fraction of sp³-hybridized carbons (Fsp3) is 0. The van der Waals surface area contributed by atoms with Crippen molar-refractivity contribution in [1.29, 1.82) is 0 Å². The van der Waals surface area contributed by atoms with Crippen LogP contribution in [0, 0.1) is 0 Å². The van der Waals surface area contributed by atoms with Gasteiger partial charge in [0.2, 0.25) is 0 Å². The molecule has 3 aromatic rings. The Balaban J connectivity index is 1.80. The minimum atomic E-state index is -0.278. The molecule has 2 N–H and O–H groups in total. The van der Waals surface area contributed by atoms with Gasteiger partial charge in [-0.05, 0) is 66.4 Å². The number of hydrazone groups is 1. The highest BCUT2D eigenvalue weighted by molar-refractivity contribution is 9.11. The molecule has 0 bridgehead atoms. The van der Waals surface area contributed by atoms with Crippen LogP contribution in [0.3, 0.4) is 0 Å². The second-order valence-corrected chi connectivity index (χ2v) is 6.77. The highest BCUT2D eigenvalue weighted by Gasteiger charge is 2.08. The van der Waals surface area contributed by atoms with E-state index in [0.29, 0.717) is 14.5 Å². The lowest BCUT2D eigenvalue weighted by Crippen LogP contribution is -2.17. The van der Waals surface area contributed by atoms with Gasteiger partial charge in [-0.25, -0.2) is 5.43 Å². The van der Waals surface area contributed by atoms with E-state index in [9.17, 15) is 9.90 Å². The molecule has 0 aliphatic rings. The van der Waals surface area contributed by atoms with Gasteiger partial charge in [0.1, 0.15) is 5.75 Å². The summed E-state index contributed by atoms with van der Waals surface area (Å²) in [4.78, 5) is 12.4. The zero-order valence-corrected chi connectivity index (χ0v) is 15.5. The first-order valence-corrected chi connectivity index (χ1v) is 8.64. The SMILES string of the molecule is O=C(NN=Cc1cc(Br)c(O)c(Br)c1)c1cccc2ccccc12. The van der Waals surface area contributed by atoms with E-state index in [2.05, 4.69) is 42.4 Å². The minimum absolute atomic E-state index is 0.118. The molecule has 0 spiro atoms. The van der Waals surface area contributed by atoms with Crippen molar-refractivity contribution in [3.63, 3.8) is 0 Å². The molecule has 3 aromatic carbocycles. The molecule has 4 nitrogen and oxygen atoms in total. The number of phenolic OH excluding ortho intramolecular Hbond substituents is 1. The van der Waals surface area contributed by atoms with Crippen LogP contribution in [0.1, 0.15) is 15.9 Å². The molecule has 24 heavy (non-hydrogen) atoms. The van der Waals surface area contributed by atoms with Crippen molar-refractivity contribution in [1.82, 2.24) is 5.43 Å². The fourth-order valence-electron chi connectivity index (χ4n) is 2.31. The maximum absolute atomic E-state index is 12.4. The van der Waals surface area contributed by atoms with Crippen molar-refractivity contribution in [2.24, 2.45) is 5.10 Å². The standard InChI is InChI=1S/C18H12Br2N2O2/c19-15-8-11(9-16(20)17(15)23)10-21-22-18(24)14-7-3-5-12-4-1-2-6-13(12)14/h1-10,23H,(H,22,24). The number of nitrogens with zero attached hydrogens (tertiary/aromatic N) is 1. The van der Waals surface area contributed by atoms with Gasteiger partial charge in [-0.3, -0.25) is 4.79 Å². The van der Waals surface area contributed by atoms with Crippen LogP contribution in [-0.4, -0.2) is 17.2 Å². The number of amides is 1. The monoisotopic (exact) mass is 446 g/mol. The number of halogens is 2. The molecule has 1 amide bonds. The highest BCUT2D eigenvalue weighted by Crippen LogP contribution is 2.32. The van der Waals surface area contributed by atoms with Crippen molar-refractivity contribution in [3.05, 3.63) is 74.7 Å². The third-order valence-electron chi connectivity index (χ3n) is 3.45. The number of benzene rings is 3. The summed E-state index contributed by atoms with van der Waals surface area (Å²) in [6.45, 7) is 0. The quantitative estimate of drug-likeness (QED) is 0.446. The molecule has 0 fully saturated rings. The van der Waals surface area contributed by atoms with Gasteiger partial charge in [0.25, 0.3) is 5.91 Å². The Morgan fingerprint density at radius 3 is 2.46 bits per heavy atom. The third-order valence-corrected chi connectivity index (χ3v) is 4.66. The summed E-state index contributed by atoms with van der Waals surface area (Å²) in [6, 6.07) is 16.7. The predicted octanol–water partition coefficient (Wildman–Crippen LogP) is 4.83. The van der Waals surface area contributed by atoms with Crippen molar-refractivity contribution in [3.8, 4) is 5.75 Å². The Morgan fingerprint density at radius 2 is 1.71 bits per heavy atom. The van der Waals surface area contributed by atoms with Gasteiger partial charge in [0, 0.05) is 5.56 Å². The molecule has 0 heterocycles. The summed E-state index contributed by atoms with van der Waals surface area (Å²) < 4.78 is 1.08. The van der Waals surface area contributed by atoms with E-state index >= 15 is 0 Å². The number of aromatic hydroxyl groups is 1. The van der Waals surface area contributed by atoms with Gasteiger partial charge in [-0.1, -0.05) is 36.4 Å². The number of fused-ring (bicyclic) bond motifs is 1. The summed E-state index contributed by atoms with van der Waals surface area (Å²) >= 11 is 6.51. The van der Waals surface area contributed by atoms with Crippen molar-refractivity contribution >= 4 is 54.8 Å². The van der Waals surface area contributed by atoms with Crippen LogP contribution in [0.25, 0.3) is 10.8 Å². The summed E-state index contributed by atoms with van der Waals surface area (Å²) in [6.07, 6.45) is 1.51. The Labute approximate surface area is 155 Å². The number of carbonyl (C=O) groups is 1. The van der Waals surface area contributed by atoms with Gasteiger partial charge in [0.05, 0.1) is 15.2 Å². The van der Waals surface area contributed by atoms with Crippen molar-refractivity contribution < 1.29 is 9.90 Å². The van der Waals surface area contributed by atoms with E-state index in [-0.39, 0.29) is 11.7 Å². The van der Waals surface area contributed by atoms with Crippen LogP contribution in [0.4, 0.5) is 0 Å². The Morgan fingerprint density at radius 1 is 1.04 bits per heavy atom. The van der Waals surface area contributed by atoms with E-state index in [4.69, 9.17) is 0 Å². The maximum Gasteiger partial charge on any atom is 0.271 e. The predicted molar refractivity (Wildman–Crippen MR) is 103 cm³/mol. The first kappa shape index (κ1) is 16.7. The van der Waals surface area contributed by atoms with E-state index in [1.807, 2.05) is 36.4 Å². The lowest BCUT2D eigenvalue weighted by atomic mass is 10.0. The zero-order chi connectivity index (χ0) is 17.1. The van der Waals surface area contributed by atoms with Crippen molar-refractivity contribution in [2.45, 2.75) is 0 Å². The summed E-state index contributed by atoms with van der Waals surface area (Å²) in [5.41, 5.74) is 3.83. The molecule has 0 aromatic heterocycles. The Kier molecular flexibility index (Phi) is 4.97. The zero-order valence-electron chi connectivity index (χ0n) is 12.3. The second-order valence-electron chi connectivity index (χ2n) is 5.06. The number of hydrogen-bond acceptors (Lipinski definition) is 3. The van der Waals surface area contributed by atoms with Crippen LogP contribution in [-0.2, 0) is 0 Å². The minimum Gasteiger partial charge on any atom is -0.506 e. The molecular formula is C18H12Br2N2O2. The molecule has 6 heteroatoms. The Hall–Kier alpha value is -2.18. The highest BCUT2D eigenvalue weighted by atomic mass is 79.9. The lowest BCUT2D eigenvalue weighted by Gasteiger charge is -2.05. The normalized spacial score (nSPS) is 11.1. The molecule has 0 saturated carbocycles. The number of rotatable bonds is 3. The summed E-state index contributed by atoms with van der Waals surface area (Å²) in [5.74, 6) is -0.160. The van der Waals surface area contributed by atoms with Crippen LogP contribution >= 0.6 is 31.9 Å². The maximum atomic E-state index is 12.4. The molecule has 0 aliphatic heterocycles. The summed E-state index contributed by atoms with van der Waals surface area (Å²) in [7, 11) is 0. The van der Waals surface area contributed by atoms with Gasteiger partial charge in [-0.15, -0.1) is 0 Å². The first-order valence-electron chi connectivity index (χ1n) is 7.05. The van der Waals surface area contributed by atoms with Gasteiger partial charge in [0.15, 0.2) is 0 Å². The third kappa shape index (κ3) is 3.49. The van der Waals surface area contributed by atoms with E-state index < -0.39 is 0 Å². The smallest absolute Gasteiger partial charge is 0.271 e. The van der Waals surface area contributed by atoms with Crippen LogP contribution < -0.4 is 5.43 Å². The molecule has 0 aliphatic carbocycles. The fourth-order valence-corrected chi connectivity index (χ4v) is 3.53. The van der Waals surface area contributed by atoms with Crippen LogP contribution in [0.15, 0.2) is 68.6 Å². The molecule has 0 radical (unpaired) electrons. The van der Waals surface area contributed by atoms with Gasteiger partial charge < -0.3 is 5.11 Å². The lowest BCUT2D eigenvalue weighted by molar-refractivity contribution is 0.0957. The van der Waals surface area contributed by atoms with E-state index in [1.54, 1.807) is 18.2 Å². The van der Waals surface area contributed by atoms with Crippen molar-refractivity contribution in [2.75, 3.05) is 0 Å². The number of hydrogen-bond donors (Lipinski definition) is 2. The molecule has 120 valence electrons. The molecule has 0 unspecified atom stereocenters. The largest absolute Gasteiger partial charge is 0.506 e. The molecule has 0 atom stereocenters.